The Balaban J connectivity index is 1.87. The number of piperidine rings is 1. The first-order valence-electron chi connectivity index (χ1n) is 7.14. The largest absolute Gasteiger partial charge is 0.444 e. The zero-order chi connectivity index (χ0) is 13.2. The first-order chi connectivity index (χ1) is 8.46. The molecular formula is C14H26N2O2. The topological polar surface area (TPSA) is 41.6 Å². The van der Waals surface area contributed by atoms with Crippen molar-refractivity contribution in [1.82, 2.24) is 10.2 Å². The number of rotatable bonds is 1. The normalized spacial score (nSPS) is 29.4. The standard InChI is InChI=1S/C14H26N2O2/c1-14(2,3)18-13(17)16-8-4-5-12(10-16)11-6-7-15-9-11/h11-12,15H,4-10H2,1-3H3/t11-,12+/m0/s1. The first-order valence-corrected chi connectivity index (χ1v) is 7.14. The molecule has 2 fully saturated rings. The summed E-state index contributed by atoms with van der Waals surface area (Å²) in [6, 6.07) is 0. The molecule has 2 heterocycles. The SMILES string of the molecule is CC(C)(C)OC(=O)N1CCC[C@@H]([C@H]2CCNC2)C1. The highest BCUT2D eigenvalue weighted by Crippen LogP contribution is 2.28. The molecule has 2 rings (SSSR count). The van der Waals surface area contributed by atoms with E-state index in [0.29, 0.717) is 5.92 Å². The van der Waals surface area contributed by atoms with Gasteiger partial charge in [-0.05, 0) is 65.0 Å². The highest BCUT2D eigenvalue weighted by molar-refractivity contribution is 5.68. The molecule has 0 aromatic carbocycles. The van der Waals surface area contributed by atoms with Gasteiger partial charge in [0.1, 0.15) is 5.60 Å². The molecule has 0 aromatic rings. The zero-order valence-electron chi connectivity index (χ0n) is 11.9. The number of nitrogens with zero attached hydrogens (tertiary/aromatic N) is 1. The number of carbonyl (C=O) groups excluding carboxylic acids is 1. The van der Waals surface area contributed by atoms with E-state index in [4.69, 9.17) is 4.74 Å². The molecule has 1 amide bonds. The maximum atomic E-state index is 12.1. The number of carbonyl (C=O) groups is 1. The Morgan fingerprint density at radius 2 is 2.06 bits per heavy atom. The second-order valence-corrected chi connectivity index (χ2v) is 6.58. The van der Waals surface area contributed by atoms with Crippen molar-refractivity contribution in [3.8, 4) is 0 Å². The molecule has 0 radical (unpaired) electrons. The summed E-state index contributed by atoms with van der Waals surface area (Å²) in [5, 5.41) is 3.42. The van der Waals surface area contributed by atoms with Crippen LogP contribution in [0.2, 0.25) is 0 Å². The lowest BCUT2D eigenvalue weighted by Gasteiger charge is -2.36. The number of ether oxygens (including phenoxy) is 1. The number of hydrogen-bond donors (Lipinski definition) is 1. The van der Waals surface area contributed by atoms with E-state index in [1.165, 1.54) is 12.8 Å². The van der Waals surface area contributed by atoms with Gasteiger partial charge in [-0.25, -0.2) is 4.79 Å². The van der Waals surface area contributed by atoms with Crippen LogP contribution in [0.1, 0.15) is 40.0 Å². The molecule has 2 aliphatic rings. The van der Waals surface area contributed by atoms with E-state index in [9.17, 15) is 4.79 Å². The first kappa shape index (κ1) is 13.7. The van der Waals surface area contributed by atoms with E-state index in [0.717, 1.165) is 38.5 Å². The summed E-state index contributed by atoms with van der Waals surface area (Å²) in [5.74, 6) is 1.40. The summed E-state index contributed by atoms with van der Waals surface area (Å²) in [5.41, 5.74) is -0.390. The van der Waals surface area contributed by atoms with E-state index in [1.807, 2.05) is 25.7 Å². The fourth-order valence-electron chi connectivity index (χ4n) is 2.97. The van der Waals surface area contributed by atoms with E-state index in [-0.39, 0.29) is 11.7 Å². The lowest BCUT2D eigenvalue weighted by Crippen LogP contribution is -2.44. The van der Waals surface area contributed by atoms with Gasteiger partial charge in [-0.2, -0.15) is 0 Å². The summed E-state index contributed by atoms with van der Waals surface area (Å²) in [6.07, 6.45) is 3.48. The molecule has 4 heteroatoms. The number of nitrogens with one attached hydrogen (secondary N) is 1. The minimum atomic E-state index is -0.390. The van der Waals surface area contributed by atoms with Crippen LogP contribution in [0.15, 0.2) is 0 Å². The Kier molecular flexibility index (Phi) is 4.15. The average Bonchev–Trinajstić information content (AvgIpc) is 2.80. The quantitative estimate of drug-likeness (QED) is 0.780. The van der Waals surface area contributed by atoms with Crippen molar-refractivity contribution in [2.24, 2.45) is 11.8 Å². The summed E-state index contributed by atoms with van der Waals surface area (Å²) in [6.45, 7) is 9.75. The van der Waals surface area contributed by atoms with Crippen molar-refractivity contribution >= 4 is 6.09 Å². The van der Waals surface area contributed by atoms with Crippen molar-refractivity contribution in [3.05, 3.63) is 0 Å². The predicted molar refractivity (Wildman–Crippen MR) is 71.5 cm³/mol. The highest BCUT2D eigenvalue weighted by atomic mass is 16.6. The van der Waals surface area contributed by atoms with Gasteiger partial charge >= 0.3 is 6.09 Å². The fraction of sp³-hybridized carbons (Fsp3) is 0.929. The van der Waals surface area contributed by atoms with Crippen LogP contribution < -0.4 is 5.32 Å². The van der Waals surface area contributed by atoms with Gasteiger partial charge in [-0.1, -0.05) is 0 Å². The smallest absolute Gasteiger partial charge is 0.410 e. The van der Waals surface area contributed by atoms with E-state index >= 15 is 0 Å². The Bertz CT molecular complexity index is 293. The number of amides is 1. The summed E-state index contributed by atoms with van der Waals surface area (Å²) in [7, 11) is 0. The van der Waals surface area contributed by atoms with Crippen LogP contribution in [0.25, 0.3) is 0 Å². The molecule has 18 heavy (non-hydrogen) atoms. The zero-order valence-corrected chi connectivity index (χ0v) is 11.9. The van der Waals surface area contributed by atoms with Crippen LogP contribution in [0, 0.1) is 11.8 Å². The minimum absolute atomic E-state index is 0.141. The van der Waals surface area contributed by atoms with E-state index < -0.39 is 0 Å². The van der Waals surface area contributed by atoms with Gasteiger partial charge in [-0.15, -0.1) is 0 Å². The molecule has 1 N–H and O–H groups in total. The van der Waals surface area contributed by atoms with Gasteiger partial charge in [0.05, 0.1) is 0 Å². The van der Waals surface area contributed by atoms with Crippen LogP contribution in [0.3, 0.4) is 0 Å². The monoisotopic (exact) mass is 254 g/mol. The second-order valence-electron chi connectivity index (χ2n) is 6.58. The molecule has 0 saturated carbocycles. The molecule has 0 bridgehead atoms. The van der Waals surface area contributed by atoms with Crippen LogP contribution in [0.5, 0.6) is 0 Å². The molecule has 2 atom stereocenters. The molecule has 104 valence electrons. The van der Waals surface area contributed by atoms with E-state index in [1.54, 1.807) is 0 Å². The van der Waals surface area contributed by atoms with Crippen LogP contribution >= 0.6 is 0 Å². The molecule has 2 saturated heterocycles. The van der Waals surface area contributed by atoms with Crippen molar-refractivity contribution in [3.63, 3.8) is 0 Å². The molecule has 0 spiro atoms. The van der Waals surface area contributed by atoms with Crippen LogP contribution in [0.4, 0.5) is 4.79 Å². The molecule has 0 aliphatic carbocycles. The number of likely N-dealkylation sites (tertiary alicyclic amines) is 1. The number of hydrogen-bond acceptors (Lipinski definition) is 3. The average molecular weight is 254 g/mol. The second kappa shape index (κ2) is 5.47. The molecule has 0 aromatic heterocycles. The third kappa shape index (κ3) is 3.61. The van der Waals surface area contributed by atoms with Gasteiger partial charge in [0.15, 0.2) is 0 Å². The Morgan fingerprint density at radius 3 is 2.67 bits per heavy atom. The Hall–Kier alpha value is -0.770. The van der Waals surface area contributed by atoms with Crippen molar-refractivity contribution in [1.29, 1.82) is 0 Å². The maximum absolute atomic E-state index is 12.1. The van der Waals surface area contributed by atoms with Crippen molar-refractivity contribution < 1.29 is 9.53 Å². The predicted octanol–water partition coefficient (Wildman–Crippen LogP) is 2.24. The Morgan fingerprint density at radius 1 is 1.28 bits per heavy atom. The van der Waals surface area contributed by atoms with Gasteiger partial charge in [0, 0.05) is 13.1 Å². The summed E-state index contributed by atoms with van der Waals surface area (Å²) in [4.78, 5) is 14.0. The van der Waals surface area contributed by atoms with Gasteiger partial charge < -0.3 is 15.0 Å². The lowest BCUT2D eigenvalue weighted by molar-refractivity contribution is 0.0135. The minimum Gasteiger partial charge on any atom is -0.444 e. The van der Waals surface area contributed by atoms with Crippen molar-refractivity contribution in [2.75, 3.05) is 26.2 Å². The third-order valence-electron chi connectivity index (χ3n) is 3.87. The molecule has 2 aliphatic heterocycles. The molecule has 4 nitrogen and oxygen atoms in total. The van der Waals surface area contributed by atoms with Crippen LogP contribution in [-0.2, 0) is 4.74 Å². The molecule has 0 unspecified atom stereocenters. The Labute approximate surface area is 110 Å². The van der Waals surface area contributed by atoms with Gasteiger partial charge in [0.25, 0.3) is 0 Å². The maximum Gasteiger partial charge on any atom is 0.410 e. The van der Waals surface area contributed by atoms with Crippen molar-refractivity contribution in [2.45, 2.75) is 45.6 Å². The summed E-state index contributed by atoms with van der Waals surface area (Å²) < 4.78 is 5.46. The lowest BCUT2D eigenvalue weighted by atomic mass is 9.85. The summed E-state index contributed by atoms with van der Waals surface area (Å²) >= 11 is 0. The fourth-order valence-corrected chi connectivity index (χ4v) is 2.97. The van der Waals surface area contributed by atoms with Gasteiger partial charge in [0.2, 0.25) is 0 Å². The van der Waals surface area contributed by atoms with Crippen LogP contribution in [-0.4, -0.2) is 42.8 Å². The van der Waals surface area contributed by atoms with Gasteiger partial charge in [-0.3, -0.25) is 0 Å². The third-order valence-corrected chi connectivity index (χ3v) is 3.87. The van der Waals surface area contributed by atoms with E-state index in [2.05, 4.69) is 5.32 Å². The highest BCUT2D eigenvalue weighted by Gasteiger charge is 2.32. The molecular weight excluding hydrogens is 228 g/mol.